The van der Waals surface area contributed by atoms with Gasteiger partial charge in [0.25, 0.3) is 0 Å². The second-order valence-electron chi connectivity index (χ2n) is 5.51. The molecule has 0 spiro atoms. The Morgan fingerprint density at radius 2 is 2.00 bits per heavy atom. The highest BCUT2D eigenvalue weighted by Gasteiger charge is 2.17. The maximum absolute atomic E-state index is 13.2. The fourth-order valence-electron chi connectivity index (χ4n) is 2.15. The van der Waals surface area contributed by atoms with Crippen molar-refractivity contribution in [1.29, 1.82) is 0 Å². The minimum absolute atomic E-state index is 0.244. The molecule has 2 aromatic carbocycles. The van der Waals surface area contributed by atoms with E-state index in [1.54, 1.807) is 19.1 Å². The van der Waals surface area contributed by atoms with Crippen molar-refractivity contribution in [3.63, 3.8) is 0 Å². The molecular formula is C19H17FN4OS. The smallest absolute Gasteiger partial charge is 0.237 e. The molecule has 2 N–H and O–H groups in total. The number of nitrogens with one attached hydrogen (secondary N) is 2. The molecule has 0 fully saturated rings. The summed E-state index contributed by atoms with van der Waals surface area (Å²) >= 11 is 1.22. The van der Waals surface area contributed by atoms with Crippen LogP contribution in [0.1, 0.15) is 18.3 Å². The summed E-state index contributed by atoms with van der Waals surface area (Å²) < 4.78 is 13.2. The van der Waals surface area contributed by atoms with Crippen molar-refractivity contribution in [2.24, 2.45) is 0 Å². The average molecular weight is 368 g/mol. The average Bonchev–Trinajstić information content (AvgIpc) is 3.08. The normalized spacial score (nSPS) is 12.2. The molecule has 1 aromatic heterocycles. The lowest BCUT2D eigenvalue weighted by Crippen LogP contribution is -2.22. The Morgan fingerprint density at radius 1 is 1.19 bits per heavy atom. The van der Waals surface area contributed by atoms with Crippen LogP contribution in [0.15, 0.2) is 59.8 Å². The standard InChI is InChI=1S/C19H17FN4OS/c1-13(18(25)21-16-9-5-8-15(20)12-16)26-19-22-17(23-24-19)11-10-14-6-3-2-4-7-14/h2-13H,1H3,(H,21,25)(H,22,23,24)/b11-10+. The zero-order chi connectivity index (χ0) is 18.4. The number of hydrogen-bond donors (Lipinski definition) is 2. The topological polar surface area (TPSA) is 70.7 Å². The highest BCUT2D eigenvalue weighted by atomic mass is 32.2. The number of aromatic amines is 1. The molecule has 132 valence electrons. The van der Waals surface area contributed by atoms with Gasteiger partial charge in [0.2, 0.25) is 11.1 Å². The summed E-state index contributed by atoms with van der Waals surface area (Å²) in [5.74, 6) is -0.0345. The number of anilines is 1. The number of halogens is 1. The molecule has 1 heterocycles. The summed E-state index contributed by atoms with van der Waals surface area (Å²) in [4.78, 5) is 16.5. The number of rotatable bonds is 6. The number of amides is 1. The van der Waals surface area contributed by atoms with Gasteiger partial charge in [0.1, 0.15) is 11.6 Å². The van der Waals surface area contributed by atoms with Crippen LogP contribution in [-0.2, 0) is 4.79 Å². The van der Waals surface area contributed by atoms with E-state index >= 15 is 0 Å². The monoisotopic (exact) mass is 368 g/mol. The zero-order valence-corrected chi connectivity index (χ0v) is 14.8. The lowest BCUT2D eigenvalue weighted by molar-refractivity contribution is -0.115. The summed E-state index contributed by atoms with van der Waals surface area (Å²) in [6, 6.07) is 15.6. The molecule has 3 aromatic rings. The van der Waals surface area contributed by atoms with Crippen LogP contribution in [-0.4, -0.2) is 26.3 Å². The fourth-order valence-corrected chi connectivity index (χ4v) is 2.88. The molecule has 3 rings (SSSR count). The van der Waals surface area contributed by atoms with Gasteiger partial charge in [-0.15, -0.1) is 5.10 Å². The predicted molar refractivity (Wildman–Crippen MR) is 102 cm³/mol. The number of nitrogens with zero attached hydrogens (tertiary/aromatic N) is 2. The number of aromatic nitrogens is 3. The largest absolute Gasteiger partial charge is 0.325 e. The van der Waals surface area contributed by atoms with Crippen LogP contribution in [0.3, 0.4) is 0 Å². The van der Waals surface area contributed by atoms with Gasteiger partial charge in [-0.2, -0.15) is 0 Å². The van der Waals surface area contributed by atoms with Gasteiger partial charge in [-0.1, -0.05) is 54.2 Å². The van der Waals surface area contributed by atoms with Crippen LogP contribution in [0.2, 0.25) is 0 Å². The van der Waals surface area contributed by atoms with Crippen molar-refractivity contribution >= 4 is 35.5 Å². The Kier molecular flexibility index (Phi) is 5.80. The van der Waals surface area contributed by atoms with E-state index in [0.717, 1.165) is 5.56 Å². The van der Waals surface area contributed by atoms with Crippen LogP contribution < -0.4 is 5.32 Å². The lowest BCUT2D eigenvalue weighted by Gasteiger charge is -2.10. The van der Waals surface area contributed by atoms with Crippen molar-refractivity contribution in [3.8, 4) is 0 Å². The maximum Gasteiger partial charge on any atom is 0.237 e. The SMILES string of the molecule is CC(Sc1n[nH]c(/C=C/c2ccccc2)n1)C(=O)Nc1cccc(F)c1. The Morgan fingerprint density at radius 3 is 2.77 bits per heavy atom. The molecule has 0 bridgehead atoms. The van der Waals surface area contributed by atoms with Gasteiger partial charge >= 0.3 is 0 Å². The third-order valence-electron chi connectivity index (χ3n) is 3.46. The number of H-pyrrole nitrogens is 1. The second-order valence-corrected chi connectivity index (χ2v) is 6.81. The molecule has 1 amide bonds. The van der Waals surface area contributed by atoms with E-state index in [1.165, 1.54) is 23.9 Å². The number of benzene rings is 2. The molecule has 0 saturated carbocycles. The van der Waals surface area contributed by atoms with E-state index in [9.17, 15) is 9.18 Å². The minimum Gasteiger partial charge on any atom is -0.325 e. The van der Waals surface area contributed by atoms with Crippen molar-refractivity contribution in [2.45, 2.75) is 17.3 Å². The number of hydrogen-bond acceptors (Lipinski definition) is 4. The van der Waals surface area contributed by atoms with Gasteiger partial charge in [-0.05, 0) is 36.8 Å². The van der Waals surface area contributed by atoms with Gasteiger partial charge < -0.3 is 5.32 Å². The molecule has 0 radical (unpaired) electrons. The van der Waals surface area contributed by atoms with E-state index < -0.39 is 11.1 Å². The van der Waals surface area contributed by atoms with Gasteiger partial charge in [-0.25, -0.2) is 9.37 Å². The van der Waals surface area contributed by atoms with Crippen molar-refractivity contribution < 1.29 is 9.18 Å². The van der Waals surface area contributed by atoms with Crippen LogP contribution in [0.25, 0.3) is 12.2 Å². The molecule has 1 unspecified atom stereocenters. The molecule has 0 aliphatic rings. The van der Waals surface area contributed by atoms with E-state index in [2.05, 4.69) is 20.5 Å². The molecule has 1 atom stereocenters. The van der Waals surface area contributed by atoms with Crippen molar-refractivity contribution in [3.05, 3.63) is 71.8 Å². The molecular weight excluding hydrogens is 351 g/mol. The first-order chi connectivity index (χ1) is 12.6. The van der Waals surface area contributed by atoms with E-state index in [-0.39, 0.29) is 5.91 Å². The Balaban J connectivity index is 1.57. The summed E-state index contributed by atoms with van der Waals surface area (Å²) in [7, 11) is 0. The third kappa shape index (κ3) is 5.03. The molecule has 0 aliphatic heterocycles. The first-order valence-corrected chi connectivity index (χ1v) is 8.87. The van der Waals surface area contributed by atoms with Gasteiger partial charge in [0.05, 0.1) is 5.25 Å². The quantitative estimate of drug-likeness (QED) is 0.639. The summed E-state index contributed by atoms with van der Waals surface area (Å²) in [5.41, 5.74) is 1.48. The van der Waals surface area contributed by atoms with E-state index in [1.807, 2.05) is 42.5 Å². The predicted octanol–water partition coefficient (Wildman–Crippen LogP) is 4.23. The number of carbonyl (C=O) groups excluding carboxylic acids is 1. The fraction of sp³-hybridized carbons (Fsp3) is 0.105. The second kappa shape index (κ2) is 8.44. The highest BCUT2D eigenvalue weighted by Crippen LogP contribution is 2.21. The zero-order valence-electron chi connectivity index (χ0n) is 14.0. The Labute approximate surface area is 154 Å². The molecule has 0 saturated heterocycles. The van der Waals surface area contributed by atoms with Crippen LogP contribution in [0.5, 0.6) is 0 Å². The van der Waals surface area contributed by atoms with Crippen molar-refractivity contribution in [2.75, 3.05) is 5.32 Å². The summed E-state index contributed by atoms with van der Waals surface area (Å²) in [5, 5.41) is 9.65. The number of thioether (sulfide) groups is 1. The van der Waals surface area contributed by atoms with Crippen LogP contribution in [0, 0.1) is 5.82 Å². The summed E-state index contributed by atoms with van der Waals surface area (Å²) in [6.45, 7) is 1.75. The van der Waals surface area contributed by atoms with Gasteiger partial charge in [0, 0.05) is 5.69 Å². The third-order valence-corrected chi connectivity index (χ3v) is 4.42. The highest BCUT2D eigenvalue weighted by molar-refractivity contribution is 8.00. The van der Waals surface area contributed by atoms with Crippen molar-refractivity contribution in [1.82, 2.24) is 15.2 Å². The maximum atomic E-state index is 13.2. The van der Waals surface area contributed by atoms with Crippen LogP contribution >= 0.6 is 11.8 Å². The van der Waals surface area contributed by atoms with Gasteiger partial charge in [0.15, 0.2) is 0 Å². The molecule has 26 heavy (non-hydrogen) atoms. The van der Waals surface area contributed by atoms with E-state index in [4.69, 9.17) is 0 Å². The summed E-state index contributed by atoms with van der Waals surface area (Å²) in [6.07, 6.45) is 3.75. The van der Waals surface area contributed by atoms with Crippen LogP contribution in [0.4, 0.5) is 10.1 Å². The van der Waals surface area contributed by atoms with Gasteiger partial charge in [-0.3, -0.25) is 9.89 Å². The first-order valence-electron chi connectivity index (χ1n) is 7.99. The lowest BCUT2D eigenvalue weighted by atomic mass is 10.2. The van der Waals surface area contributed by atoms with E-state index in [0.29, 0.717) is 16.7 Å². The Hall–Kier alpha value is -2.93. The Bertz CT molecular complexity index is 911. The number of carbonyl (C=O) groups is 1. The molecule has 5 nitrogen and oxygen atoms in total. The minimum atomic E-state index is -0.431. The molecule has 0 aliphatic carbocycles. The molecule has 7 heteroatoms. The first kappa shape index (κ1) is 17.9.